The molecule has 2 heterocycles. The molecule has 0 saturated carbocycles. The Balaban J connectivity index is 1.55. The molecular weight excluding hydrogens is 408 g/mol. The van der Waals surface area contributed by atoms with Crippen LogP contribution in [0, 0.1) is 0 Å². The van der Waals surface area contributed by atoms with Crippen molar-refractivity contribution in [3.63, 3.8) is 0 Å². The summed E-state index contributed by atoms with van der Waals surface area (Å²) in [4.78, 5) is 23.0. The molecule has 0 unspecified atom stereocenters. The largest absolute Gasteiger partial charge is 0.355 e. The summed E-state index contributed by atoms with van der Waals surface area (Å²) in [5.74, 6) is 3.47. The minimum absolute atomic E-state index is 0.0485. The topological polar surface area (TPSA) is 58.1 Å². The van der Waals surface area contributed by atoms with Gasteiger partial charge in [-0.25, -0.2) is 9.97 Å². The van der Waals surface area contributed by atoms with Gasteiger partial charge in [0.1, 0.15) is 17.2 Å². The first-order valence-corrected chi connectivity index (χ1v) is 10.5. The molecule has 0 atom stereocenters. The maximum atomic E-state index is 12.1. The van der Waals surface area contributed by atoms with E-state index >= 15 is 0 Å². The van der Waals surface area contributed by atoms with Gasteiger partial charge in [-0.15, -0.1) is 0 Å². The summed E-state index contributed by atoms with van der Waals surface area (Å²) in [7, 11) is 0. The Morgan fingerprint density at radius 1 is 1.29 bits per heavy atom. The first kappa shape index (κ1) is 17.6. The lowest BCUT2D eigenvalue weighted by Crippen LogP contribution is -2.33. The number of hydrogen-bond acceptors (Lipinski definition) is 6. The fourth-order valence-corrected chi connectivity index (χ4v) is 4.24. The summed E-state index contributed by atoms with van der Waals surface area (Å²) in [5, 5.41) is 3.71. The standard InChI is InChI=1S/C16H17BrN4OS2/c17-12-2-1-3-13(8-12)20-15(22)10-24-16-9-14(18-11-19-16)21-4-6-23-7-5-21/h1-3,8-9,11H,4-7,10H2,(H,20,22). The first-order chi connectivity index (χ1) is 11.7. The number of aromatic nitrogens is 2. The van der Waals surface area contributed by atoms with Crippen molar-refractivity contribution >= 4 is 56.9 Å². The van der Waals surface area contributed by atoms with Gasteiger partial charge in [0.05, 0.1) is 5.75 Å². The molecular formula is C16H17BrN4OS2. The van der Waals surface area contributed by atoms with E-state index in [-0.39, 0.29) is 5.91 Å². The van der Waals surface area contributed by atoms with Crippen LogP contribution in [0.1, 0.15) is 0 Å². The normalized spacial score (nSPS) is 14.5. The van der Waals surface area contributed by atoms with E-state index < -0.39 is 0 Å². The van der Waals surface area contributed by atoms with E-state index in [0.717, 1.165) is 45.6 Å². The summed E-state index contributed by atoms with van der Waals surface area (Å²) in [6.45, 7) is 2.02. The number of nitrogens with zero attached hydrogens (tertiary/aromatic N) is 3. The van der Waals surface area contributed by atoms with E-state index in [9.17, 15) is 4.79 Å². The molecule has 1 aliphatic rings. The number of amides is 1. The lowest BCUT2D eigenvalue weighted by Gasteiger charge is -2.27. The van der Waals surface area contributed by atoms with E-state index in [1.165, 1.54) is 11.8 Å². The summed E-state index contributed by atoms with van der Waals surface area (Å²) < 4.78 is 0.938. The predicted octanol–water partition coefficient (Wildman–Crippen LogP) is 3.52. The number of thioether (sulfide) groups is 2. The Labute approximate surface area is 158 Å². The maximum Gasteiger partial charge on any atom is 0.234 e. The van der Waals surface area contributed by atoms with Crippen molar-refractivity contribution in [2.45, 2.75) is 5.03 Å². The number of anilines is 2. The molecule has 1 aliphatic heterocycles. The highest BCUT2D eigenvalue weighted by Crippen LogP contribution is 2.22. The Bertz CT molecular complexity index is 710. The predicted molar refractivity (Wildman–Crippen MR) is 105 cm³/mol. The number of hydrogen-bond donors (Lipinski definition) is 1. The van der Waals surface area contributed by atoms with Crippen LogP contribution in [0.3, 0.4) is 0 Å². The molecule has 1 amide bonds. The number of carbonyl (C=O) groups is 1. The fourth-order valence-electron chi connectivity index (χ4n) is 2.28. The maximum absolute atomic E-state index is 12.1. The third-order valence-corrected chi connectivity index (χ3v) is 5.78. The molecule has 1 aromatic heterocycles. The molecule has 0 radical (unpaired) electrons. The molecule has 1 saturated heterocycles. The van der Waals surface area contributed by atoms with Crippen molar-refractivity contribution in [3.05, 3.63) is 41.1 Å². The van der Waals surface area contributed by atoms with Crippen LogP contribution < -0.4 is 10.2 Å². The van der Waals surface area contributed by atoms with Gasteiger partial charge in [-0.2, -0.15) is 11.8 Å². The summed E-state index contributed by atoms with van der Waals surface area (Å²) in [5.41, 5.74) is 0.782. The van der Waals surface area contributed by atoms with E-state index in [2.05, 4.69) is 36.1 Å². The van der Waals surface area contributed by atoms with Crippen LogP contribution in [0.5, 0.6) is 0 Å². The van der Waals surface area contributed by atoms with E-state index in [0.29, 0.717) is 5.75 Å². The molecule has 3 rings (SSSR count). The molecule has 0 aliphatic carbocycles. The molecule has 5 nitrogen and oxygen atoms in total. The third kappa shape index (κ3) is 5.12. The van der Waals surface area contributed by atoms with Crippen LogP contribution in [0.2, 0.25) is 0 Å². The molecule has 1 fully saturated rings. The van der Waals surface area contributed by atoms with Crippen molar-refractivity contribution < 1.29 is 4.79 Å². The van der Waals surface area contributed by atoms with E-state index in [1.54, 1.807) is 6.33 Å². The SMILES string of the molecule is O=C(CSc1cc(N2CCSCC2)ncn1)Nc1cccc(Br)c1. The van der Waals surface area contributed by atoms with Crippen LogP contribution in [-0.4, -0.2) is 46.2 Å². The molecule has 1 aromatic carbocycles. The Morgan fingerprint density at radius 2 is 2.12 bits per heavy atom. The number of carbonyl (C=O) groups excluding carboxylic acids is 1. The lowest BCUT2D eigenvalue weighted by atomic mass is 10.3. The molecule has 24 heavy (non-hydrogen) atoms. The number of halogens is 1. The second-order valence-electron chi connectivity index (χ2n) is 5.16. The second kappa shape index (κ2) is 8.73. The van der Waals surface area contributed by atoms with Gasteiger partial charge in [-0.05, 0) is 18.2 Å². The average Bonchev–Trinajstić information content (AvgIpc) is 2.61. The van der Waals surface area contributed by atoms with Crippen molar-refractivity contribution in [3.8, 4) is 0 Å². The summed E-state index contributed by atoms with van der Waals surface area (Å²) in [6.07, 6.45) is 1.58. The molecule has 2 aromatic rings. The third-order valence-electron chi connectivity index (χ3n) is 3.42. The van der Waals surface area contributed by atoms with Gasteiger partial charge in [-0.1, -0.05) is 33.8 Å². The zero-order chi connectivity index (χ0) is 16.8. The van der Waals surface area contributed by atoms with Gasteiger partial charge in [-0.3, -0.25) is 4.79 Å². The Hall–Kier alpha value is -1.25. The van der Waals surface area contributed by atoms with Crippen LogP contribution >= 0.6 is 39.5 Å². The highest BCUT2D eigenvalue weighted by atomic mass is 79.9. The average molecular weight is 425 g/mol. The van der Waals surface area contributed by atoms with Crippen molar-refractivity contribution in [1.29, 1.82) is 0 Å². The van der Waals surface area contributed by atoms with Gasteiger partial charge in [0.25, 0.3) is 0 Å². The van der Waals surface area contributed by atoms with E-state index in [4.69, 9.17) is 0 Å². The molecule has 126 valence electrons. The van der Waals surface area contributed by atoms with Crippen LogP contribution in [0.15, 0.2) is 46.2 Å². The molecule has 0 spiro atoms. The van der Waals surface area contributed by atoms with Gasteiger partial charge in [0.15, 0.2) is 0 Å². The van der Waals surface area contributed by atoms with Gasteiger partial charge < -0.3 is 10.2 Å². The van der Waals surface area contributed by atoms with Crippen LogP contribution in [0.25, 0.3) is 0 Å². The Kier molecular flexibility index (Phi) is 6.39. The number of rotatable bonds is 5. The van der Waals surface area contributed by atoms with Crippen molar-refractivity contribution in [1.82, 2.24) is 9.97 Å². The summed E-state index contributed by atoms with van der Waals surface area (Å²) >= 11 is 6.78. The van der Waals surface area contributed by atoms with Crippen LogP contribution in [-0.2, 0) is 4.79 Å². The monoisotopic (exact) mass is 424 g/mol. The molecule has 0 bridgehead atoms. The highest BCUT2D eigenvalue weighted by Gasteiger charge is 2.13. The van der Waals surface area contributed by atoms with Gasteiger partial charge in [0.2, 0.25) is 5.91 Å². The van der Waals surface area contributed by atoms with Gasteiger partial charge >= 0.3 is 0 Å². The van der Waals surface area contributed by atoms with Crippen molar-refractivity contribution in [2.75, 3.05) is 40.6 Å². The van der Waals surface area contributed by atoms with E-state index in [1.807, 2.05) is 42.1 Å². The number of nitrogens with one attached hydrogen (secondary N) is 1. The minimum Gasteiger partial charge on any atom is -0.355 e. The first-order valence-electron chi connectivity index (χ1n) is 7.54. The quantitative estimate of drug-likeness (QED) is 0.585. The Morgan fingerprint density at radius 3 is 2.92 bits per heavy atom. The summed E-state index contributed by atoms with van der Waals surface area (Å²) in [6, 6.07) is 9.52. The molecule has 8 heteroatoms. The fraction of sp³-hybridized carbons (Fsp3) is 0.312. The number of benzene rings is 1. The smallest absolute Gasteiger partial charge is 0.234 e. The zero-order valence-corrected chi connectivity index (χ0v) is 16.2. The lowest BCUT2D eigenvalue weighted by molar-refractivity contribution is -0.113. The minimum atomic E-state index is -0.0485. The van der Waals surface area contributed by atoms with Crippen molar-refractivity contribution in [2.24, 2.45) is 0 Å². The zero-order valence-electron chi connectivity index (χ0n) is 12.9. The highest BCUT2D eigenvalue weighted by molar-refractivity contribution is 9.10. The van der Waals surface area contributed by atoms with Crippen LogP contribution in [0.4, 0.5) is 11.5 Å². The molecule has 1 N–H and O–H groups in total. The second-order valence-corrected chi connectivity index (χ2v) is 8.30. The van der Waals surface area contributed by atoms with Gasteiger partial charge in [0, 0.05) is 40.8 Å².